The van der Waals surface area contributed by atoms with E-state index in [1.165, 1.54) is 6.33 Å². The maximum Gasteiger partial charge on any atom is 0.224 e. The number of anilines is 1. The first kappa shape index (κ1) is 23.4. The zero-order valence-corrected chi connectivity index (χ0v) is 19.7. The molecule has 0 spiro atoms. The second-order valence-corrected chi connectivity index (χ2v) is 8.24. The van der Waals surface area contributed by atoms with Crippen molar-refractivity contribution in [3.05, 3.63) is 66.5 Å². The molecular weight excluding hydrogens is 432 g/mol. The first-order chi connectivity index (χ1) is 16.6. The predicted molar refractivity (Wildman–Crippen MR) is 130 cm³/mol. The summed E-state index contributed by atoms with van der Waals surface area (Å²) in [6.45, 7) is 3.46. The molecular formula is C26H30N4O4. The number of hydrogen-bond donors (Lipinski definition) is 1. The Labute approximate surface area is 199 Å². The van der Waals surface area contributed by atoms with E-state index >= 15 is 0 Å². The molecule has 2 aromatic carbocycles. The smallest absolute Gasteiger partial charge is 0.224 e. The van der Waals surface area contributed by atoms with Gasteiger partial charge in [0, 0.05) is 25.1 Å². The van der Waals surface area contributed by atoms with E-state index in [1.807, 2.05) is 61.5 Å². The molecule has 1 aliphatic rings. The van der Waals surface area contributed by atoms with E-state index in [0.717, 1.165) is 43.1 Å². The molecule has 0 saturated carbocycles. The van der Waals surface area contributed by atoms with Gasteiger partial charge in [0.1, 0.15) is 17.9 Å². The number of hydrogen-bond acceptors (Lipinski definition) is 7. The average Bonchev–Trinajstić information content (AvgIpc) is 2.89. The molecule has 34 heavy (non-hydrogen) atoms. The fourth-order valence-corrected chi connectivity index (χ4v) is 4.08. The molecule has 1 atom stereocenters. The zero-order valence-electron chi connectivity index (χ0n) is 19.7. The Hall–Kier alpha value is -3.81. The molecule has 178 valence electrons. The van der Waals surface area contributed by atoms with Gasteiger partial charge in [-0.1, -0.05) is 24.3 Å². The van der Waals surface area contributed by atoms with Crippen LogP contribution in [0.1, 0.15) is 31.4 Å². The Bertz CT molecular complexity index is 1100. The van der Waals surface area contributed by atoms with Crippen LogP contribution in [0.4, 0.5) is 5.82 Å². The van der Waals surface area contributed by atoms with Gasteiger partial charge >= 0.3 is 0 Å². The fourth-order valence-electron chi connectivity index (χ4n) is 4.08. The first-order valence-corrected chi connectivity index (χ1v) is 11.4. The van der Waals surface area contributed by atoms with Crippen molar-refractivity contribution in [3.63, 3.8) is 0 Å². The molecule has 1 saturated heterocycles. The highest BCUT2D eigenvalue weighted by atomic mass is 16.5. The van der Waals surface area contributed by atoms with E-state index in [9.17, 15) is 4.79 Å². The third kappa shape index (κ3) is 5.57. The van der Waals surface area contributed by atoms with E-state index in [1.54, 1.807) is 14.2 Å². The quantitative estimate of drug-likeness (QED) is 0.532. The summed E-state index contributed by atoms with van der Waals surface area (Å²) in [4.78, 5) is 23.7. The predicted octanol–water partition coefficient (Wildman–Crippen LogP) is 4.38. The molecule has 8 nitrogen and oxygen atoms in total. The van der Waals surface area contributed by atoms with Gasteiger partial charge in [-0.25, -0.2) is 9.97 Å². The molecule has 2 heterocycles. The Kier molecular flexibility index (Phi) is 7.47. The minimum absolute atomic E-state index is 0.0410. The van der Waals surface area contributed by atoms with Crippen molar-refractivity contribution in [3.8, 4) is 23.1 Å². The van der Waals surface area contributed by atoms with E-state index < -0.39 is 0 Å². The molecule has 0 aliphatic carbocycles. The number of carbonyl (C=O) groups excluding carboxylic acids is 1. The fraction of sp³-hybridized carbons (Fsp3) is 0.346. The van der Waals surface area contributed by atoms with Crippen molar-refractivity contribution < 1.29 is 19.0 Å². The first-order valence-electron chi connectivity index (χ1n) is 11.4. The van der Waals surface area contributed by atoms with Crippen molar-refractivity contribution in [2.24, 2.45) is 5.92 Å². The SMILES string of the molecule is COc1ccc([C@H](C)NC(=O)C2CCN(c3cc(Oc4ccccc4)ncn3)CC2)cc1OC. The lowest BCUT2D eigenvalue weighted by Crippen LogP contribution is -2.41. The number of para-hydroxylation sites is 1. The van der Waals surface area contributed by atoms with Crippen LogP contribution in [0.25, 0.3) is 0 Å². The van der Waals surface area contributed by atoms with Crippen LogP contribution in [0.15, 0.2) is 60.9 Å². The van der Waals surface area contributed by atoms with Gasteiger partial charge < -0.3 is 24.4 Å². The molecule has 1 amide bonds. The summed E-state index contributed by atoms with van der Waals surface area (Å²) < 4.78 is 16.5. The van der Waals surface area contributed by atoms with Crippen LogP contribution in [0, 0.1) is 5.92 Å². The van der Waals surface area contributed by atoms with Crippen LogP contribution in [0.5, 0.6) is 23.1 Å². The normalized spacial score (nSPS) is 14.9. The Balaban J connectivity index is 1.32. The van der Waals surface area contributed by atoms with Gasteiger partial charge in [-0.05, 0) is 49.6 Å². The molecule has 8 heteroatoms. The van der Waals surface area contributed by atoms with Crippen molar-refractivity contribution in [1.29, 1.82) is 0 Å². The number of piperidine rings is 1. The lowest BCUT2D eigenvalue weighted by Gasteiger charge is -2.32. The Morgan fingerprint density at radius 3 is 2.44 bits per heavy atom. The summed E-state index contributed by atoms with van der Waals surface area (Å²) >= 11 is 0. The van der Waals surface area contributed by atoms with E-state index in [0.29, 0.717) is 17.4 Å². The Morgan fingerprint density at radius 2 is 1.74 bits per heavy atom. The number of nitrogens with zero attached hydrogens (tertiary/aromatic N) is 3. The molecule has 0 radical (unpaired) electrons. The van der Waals surface area contributed by atoms with Gasteiger partial charge in [0.15, 0.2) is 11.5 Å². The number of nitrogens with one attached hydrogen (secondary N) is 1. The standard InChI is InChI=1S/C26H30N4O4/c1-18(20-9-10-22(32-2)23(15-20)33-3)29-26(31)19-11-13-30(14-12-19)24-16-25(28-17-27-24)34-21-7-5-4-6-8-21/h4-10,15-19H,11-14H2,1-3H3,(H,29,31)/t18-/m0/s1. The lowest BCUT2D eigenvalue weighted by molar-refractivity contribution is -0.126. The van der Waals surface area contributed by atoms with Crippen molar-refractivity contribution in [2.75, 3.05) is 32.2 Å². The summed E-state index contributed by atoms with van der Waals surface area (Å²) in [5.74, 6) is 3.37. The van der Waals surface area contributed by atoms with Gasteiger partial charge in [0.05, 0.1) is 20.3 Å². The summed E-state index contributed by atoms with van der Waals surface area (Å²) in [7, 11) is 3.21. The maximum atomic E-state index is 12.9. The van der Waals surface area contributed by atoms with E-state index in [4.69, 9.17) is 14.2 Å². The molecule has 4 rings (SSSR count). The highest BCUT2D eigenvalue weighted by molar-refractivity contribution is 5.79. The van der Waals surface area contributed by atoms with Gasteiger partial charge in [-0.15, -0.1) is 0 Å². The third-order valence-corrected chi connectivity index (χ3v) is 6.05. The molecule has 3 aromatic rings. The number of benzene rings is 2. The topological polar surface area (TPSA) is 85.8 Å². The minimum Gasteiger partial charge on any atom is -0.493 e. The van der Waals surface area contributed by atoms with Gasteiger partial charge in [0.2, 0.25) is 11.8 Å². The maximum absolute atomic E-state index is 12.9. The third-order valence-electron chi connectivity index (χ3n) is 6.05. The van der Waals surface area contributed by atoms with Crippen LogP contribution in [-0.4, -0.2) is 43.2 Å². The number of carbonyl (C=O) groups is 1. The van der Waals surface area contributed by atoms with Crippen LogP contribution in [0.2, 0.25) is 0 Å². The summed E-state index contributed by atoms with van der Waals surface area (Å²) in [6, 6.07) is 16.9. The average molecular weight is 463 g/mol. The second kappa shape index (κ2) is 10.9. The monoisotopic (exact) mass is 462 g/mol. The second-order valence-electron chi connectivity index (χ2n) is 8.24. The summed E-state index contributed by atoms with van der Waals surface area (Å²) in [6.07, 6.45) is 3.02. The van der Waals surface area contributed by atoms with Crippen LogP contribution < -0.4 is 24.4 Å². The number of amides is 1. The van der Waals surface area contributed by atoms with Gasteiger partial charge in [-0.3, -0.25) is 4.79 Å². The summed E-state index contributed by atoms with van der Waals surface area (Å²) in [5, 5.41) is 3.15. The molecule has 1 N–H and O–H groups in total. The van der Waals surface area contributed by atoms with Crippen LogP contribution >= 0.6 is 0 Å². The molecule has 0 bridgehead atoms. The van der Waals surface area contributed by atoms with E-state index in [2.05, 4.69) is 20.2 Å². The number of methoxy groups -OCH3 is 2. The summed E-state index contributed by atoms with van der Waals surface area (Å²) in [5.41, 5.74) is 0.968. The molecule has 1 aromatic heterocycles. The molecule has 0 unspecified atom stereocenters. The minimum atomic E-state index is -0.134. The molecule has 1 fully saturated rings. The van der Waals surface area contributed by atoms with Crippen LogP contribution in [-0.2, 0) is 4.79 Å². The van der Waals surface area contributed by atoms with Crippen molar-refractivity contribution in [1.82, 2.24) is 15.3 Å². The number of aromatic nitrogens is 2. The lowest BCUT2D eigenvalue weighted by atomic mass is 9.95. The Morgan fingerprint density at radius 1 is 1.00 bits per heavy atom. The van der Waals surface area contributed by atoms with Crippen molar-refractivity contribution in [2.45, 2.75) is 25.8 Å². The zero-order chi connectivity index (χ0) is 23.9. The van der Waals surface area contributed by atoms with Crippen LogP contribution in [0.3, 0.4) is 0 Å². The highest BCUT2D eigenvalue weighted by Gasteiger charge is 2.27. The highest BCUT2D eigenvalue weighted by Crippen LogP contribution is 2.31. The number of rotatable bonds is 8. The molecule has 1 aliphatic heterocycles. The largest absolute Gasteiger partial charge is 0.493 e. The number of ether oxygens (including phenoxy) is 3. The van der Waals surface area contributed by atoms with E-state index in [-0.39, 0.29) is 17.9 Å². The van der Waals surface area contributed by atoms with Gasteiger partial charge in [0.25, 0.3) is 0 Å². The van der Waals surface area contributed by atoms with Gasteiger partial charge in [-0.2, -0.15) is 0 Å². The van der Waals surface area contributed by atoms with Crippen molar-refractivity contribution >= 4 is 11.7 Å².